The normalized spacial score (nSPS) is 19.3. The second-order valence-electron chi connectivity index (χ2n) is 9.25. The highest BCUT2D eigenvalue weighted by Crippen LogP contribution is 2.44. The zero-order valence-electron chi connectivity index (χ0n) is 18.8. The van der Waals surface area contributed by atoms with Crippen LogP contribution in [0.4, 0.5) is 0 Å². The van der Waals surface area contributed by atoms with E-state index < -0.39 is 0 Å². The van der Waals surface area contributed by atoms with E-state index in [1.54, 1.807) is 0 Å². The number of rotatable bonds is 3. The highest BCUT2D eigenvalue weighted by molar-refractivity contribution is 6.15. The molecule has 3 aliphatic rings. The van der Waals surface area contributed by atoms with Crippen molar-refractivity contribution < 1.29 is 14.3 Å². The molecule has 0 saturated heterocycles. The fourth-order valence-corrected chi connectivity index (χ4v) is 5.32. The number of carbonyl (C=O) groups is 1. The molecule has 0 spiro atoms. The second kappa shape index (κ2) is 8.20. The Morgan fingerprint density at radius 2 is 1.67 bits per heavy atom. The van der Waals surface area contributed by atoms with Crippen LogP contribution in [0.15, 0.2) is 66.4 Å². The van der Waals surface area contributed by atoms with Crippen LogP contribution < -0.4 is 9.47 Å². The average Bonchev–Trinajstić information content (AvgIpc) is 3.50. The molecule has 0 unspecified atom stereocenters. The standard InChI is InChI=1S/C29H27NO3/c1-19-28-23(17-30(18-32-28)24-9-5-6-10-24)16-25-27(31)26(33-29(19)25)15-20-11-13-22(14-12-20)21-7-3-2-4-8-21/h2-4,7-8,11-16,24H,5-6,9-10,17-18H2,1H3/b26-15-. The molecule has 2 heterocycles. The molecule has 4 heteroatoms. The molecular formula is C29H27NO3. The van der Waals surface area contributed by atoms with Crippen molar-refractivity contribution in [3.63, 3.8) is 0 Å². The number of hydrogen-bond acceptors (Lipinski definition) is 4. The van der Waals surface area contributed by atoms with Gasteiger partial charge in [0, 0.05) is 23.7 Å². The van der Waals surface area contributed by atoms with Crippen LogP contribution in [0.2, 0.25) is 0 Å². The fourth-order valence-electron chi connectivity index (χ4n) is 5.32. The van der Waals surface area contributed by atoms with Crippen molar-refractivity contribution in [2.45, 2.75) is 45.2 Å². The maximum Gasteiger partial charge on any atom is 0.231 e. The van der Waals surface area contributed by atoms with Gasteiger partial charge in [0.25, 0.3) is 0 Å². The Labute approximate surface area is 194 Å². The third kappa shape index (κ3) is 3.65. The lowest BCUT2D eigenvalue weighted by atomic mass is 9.99. The molecule has 6 rings (SSSR count). The van der Waals surface area contributed by atoms with Crippen molar-refractivity contribution in [3.8, 4) is 22.6 Å². The predicted octanol–water partition coefficient (Wildman–Crippen LogP) is 6.37. The van der Waals surface area contributed by atoms with Gasteiger partial charge in [-0.05, 0) is 48.6 Å². The van der Waals surface area contributed by atoms with Crippen molar-refractivity contribution in [1.29, 1.82) is 0 Å². The lowest BCUT2D eigenvalue weighted by molar-refractivity contribution is 0.0570. The summed E-state index contributed by atoms with van der Waals surface area (Å²) in [4.78, 5) is 15.6. The minimum Gasteiger partial charge on any atom is -0.477 e. The van der Waals surface area contributed by atoms with Crippen LogP contribution in [0.5, 0.6) is 11.5 Å². The number of allylic oxidation sites excluding steroid dienone is 1. The third-order valence-electron chi connectivity index (χ3n) is 7.12. The highest BCUT2D eigenvalue weighted by atomic mass is 16.5. The van der Waals surface area contributed by atoms with Crippen LogP contribution in [0.3, 0.4) is 0 Å². The summed E-state index contributed by atoms with van der Waals surface area (Å²) in [6, 6.07) is 21.0. The number of benzene rings is 3. The molecule has 2 aliphatic heterocycles. The van der Waals surface area contributed by atoms with Gasteiger partial charge in [0.05, 0.1) is 5.56 Å². The largest absolute Gasteiger partial charge is 0.477 e. The Bertz CT molecular complexity index is 1240. The number of nitrogens with zero attached hydrogens (tertiary/aromatic N) is 1. The molecule has 33 heavy (non-hydrogen) atoms. The lowest BCUT2D eigenvalue weighted by Crippen LogP contribution is -2.39. The molecule has 1 saturated carbocycles. The summed E-state index contributed by atoms with van der Waals surface area (Å²) < 4.78 is 12.2. The van der Waals surface area contributed by atoms with E-state index in [9.17, 15) is 4.79 Å². The van der Waals surface area contributed by atoms with E-state index in [1.165, 1.54) is 31.2 Å². The van der Waals surface area contributed by atoms with Crippen molar-refractivity contribution in [1.82, 2.24) is 4.90 Å². The van der Waals surface area contributed by atoms with Gasteiger partial charge >= 0.3 is 0 Å². The molecular weight excluding hydrogens is 410 g/mol. The minimum atomic E-state index is -0.0546. The first kappa shape index (κ1) is 20.3. The van der Waals surface area contributed by atoms with Gasteiger partial charge in [0.2, 0.25) is 5.78 Å². The van der Waals surface area contributed by atoms with E-state index >= 15 is 0 Å². The third-order valence-corrected chi connectivity index (χ3v) is 7.12. The van der Waals surface area contributed by atoms with Crippen LogP contribution in [-0.4, -0.2) is 23.5 Å². The van der Waals surface area contributed by atoms with Gasteiger partial charge in [-0.2, -0.15) is 0 Å². The molecule has 3 aromatic rings. The molecule has 1 fully saturated rings. The maximum absolute atomic E-state index is 13.2. The number of ketones is 1. The van der Waals surface area contributed by atoms with Gasteiger partial charge in [0.1, 0.15) is 18.2 Å². The van der Waals surface area contributed by atoms with E-state index in [-0.39, 0.29) is 5.78 Å². The summed E-state index contributed by atoms with van der Waals surface area (Å²) in [5, 5.41) is 0. The second-order valence-corrected chi connectivity index (χ2v) is 9.25. The summed E-state index contributed by atoms with van der Waals surface area (Å²) in [7, 11) is 0. The summed E-state index contributed by atoms with van der Waals surface area (Å²) in [6.07, 6.45) is 6.90. The molecule has 0 amide bonds. The summed E-state index contributed by atoms with van der Waals surface area (Å²) >= 11 is 0. The predicted molar refractivity (Wildman–Crippen MR) is 129 cm³/mol. The van der Waals surface area contributed by atoms with Gasteiger partial charge in [-0.3, -0.25) is 9.69 Å². The molecule has 1 aliphatic carbocycles. The Morgan fingerprint density at radius 3 is 2.42 bits per heavy atom. The maximum atomic E-state index is 13.2. The van der Waals surface area contributed by atoms with Crippen molar-refractivity contribution in [2.24, 2.45) is 0 Å². The van der Waals surface area contributed by atoms with Gasteiger partial charge in [-0.15, -0.1) is 0 Å². The average molecular weight is 438 g/mol. The Morgan fingerprint density at radius 1 is 0.939 bits per heavy atom. The minimum absolute atomic E-state index is 0.0546. The summed E-state index contributed by atoms with van der Waals surface area (Å²) in [5.74, 6) is 1.83. The van der Waals surface area contributed by atoms with Crippen molar-refractivity contribution in [2.75, 3.05) is 6.73 Å². The van der Waals surface area contributed by atoms with Crippen LogP contribution in [0, 0.1) is 6.92 Å². The number of ether oxygens (including phenoxy) is 2. The SMILES string of the molecule is Cc1c2c(cc3c1O/C(=C\c1ccc(-c4ccccc4)cc1)C3=O)CN(C1CCCC1)CO2. The smallest absolute Gasteiger partial charge is 0.231 e. The van der Waals surface area contributed by atoms with E-state index in [1.807, 2.05) is 49.4 Å². The molecule has 3 aromatic carbocycles. The first-order chi connectivity index (χ1) is 16.2. The number of carbonyl (C=O) groups excluding carboxylic acids is 1. The molecule has 0 atom stereocenters. The van der Waals surface area contributed by atoms with Gasteiger partial charge < -0.3 is 9.47 Å². The van der Waals surface area contributed by atoms with Crippen molar-refractivity contribution in [3.05, 3.63) is 88.7 Å². The first-order valence-electron chi connectivity index (χ1n) is 11.8. The molecule has 166 valence electrons. The van der Waals surface area contributed by atoms with E-state index in [0.29, 0.717) is 29.8 Å². The zero-order chi connectivity index (χ0) is 22.4. The van der Waals surface area contributed by atoms with E-state index in [2.05, 4.69) is 29.2 Å². The summed E-state index contributed by atoms with van der Waals surface area (Å²) in [5.41, 5.74) is 5.92. The van der Waals surface area contributed by atoms with Crippen molar-refractivity contribution >= 4 is 11.9 Å². The molecule has 0 radical (unpaired) electrons. The Kier molecular flexibility index (Phi) is 5.03. The molecule has 4 nitrogen and oxygen atoms in total. The topological polar surface area (TPSA) is 38.8 Å². The first-order valence-corrected chi connectivity index (χ1v) is 11.8. The molecule has 0 N–H and O–H groups in total. The van der Waals surface area contributed by atoms with Crippen LogP contribution in [-0.2, 0) is 6.54 Å². The Hall–Kier alpha value is -3.37. The quantitative estimate of drug-likeness (QED) is 0.446. The van der Waals surface area contributed by atoms with E-state index in [4.69, 9.17) is 9.47 Å². The van der Waals surface area contributed by atoms with E-state index in [0.717, 1.165) is 34.5 Å². The van der Waals surface area contributed by atoms with Gasteiger partial charge in [-0.25, -0.2) is 0 Å². The highest BCUT2D eigenvalue weighted by Gasteiger charge is 2.35. The lowest BCUT2D eigenvalue weighted by Gasteiger charge is -2.34. The number of Topliss-reactive ketones (excluding diaryl/α,β-unsaturated/α-hetero) is 1. The monoisotopic (exact) mass is 437 g/mol. The van der Waals surface area contributed by atoms with Gasteiger partial charge in [0.15, 0.2) is 5.76 Å². The fraction of sp³-hybridized carbons (Fsp3) is 0.276. The van der Waals surface area contributed by atoms with Crippen LogP contribution in [0.25, 0.3) is 17.2 Å². The van der Waals surface area contributed by atoms with Gasteiger partial charge in [-0.1, -0.05) is 67.4 Å². The number of fused-ring (bicyclic) bond motifs is 2. The summed E-state index contributed by atoms with van der Waals surface area (Å²) in [6.45, 7) is 3.44. The number of hydrogen-bond donors (Lipinski definition) is 0. The molecule has 0 aromatic heterocycles. The Balaban J connectivity index is 1.27. The van der Waals surface area contributed by atoms with Crippen LogP contribution >= 0.6 is 0 Å². The van der Waals surface area contributed by atoms with Crippen LogP contribution in [0.1, 0.15) is 52.7 Å². The molecule has 0 bridgehead atoms. The zero-order valence-corrected chi connectivity index (χ0v) is 18.8.